The molecule has 0 aromatic rings. The molecular formula is C10H15NOS. The molecule has 0 saturated heterocycles. The van der Waals surface area contributed by atoms with Crippen LogP contribution < -0.4 is 5.73 Å². The van der Waals surface area contributed by atoms with Crippen LogP contribution in [-0.4, -0.2) is 11.2 Å². The Bertz CT molecular complexity index is 249. The third kappa shape index (κ3) is 1.90. The van der Waals surface area contributed by atoms with Gasteiger partial charge in [-0.15, -0.1) is 11.8 Å². The molecule has 1 fully saturated rings. The fraction of sp³-hybridized carbons (Fsp3) is 0.700. The summed E-state index contributed by atoms with van der Waals surface area (Å²) < 4.78 is 0. The van der Waals surface area contributed by atoms with E-state index in [0.29, 0.717) is 11.2 Å². The van der Waals surface area contributed by atoms with Crippen LogP contribution in [0.4, 0.5) is 0 Å². The number of nitrogens with two attached hydrogens (primary N) is 1. The molecule has 3 heteroatoms. The van der Waals surface area contributed by atoms with E-state index in [1.165, 1.54) is 32.1 Å². The normalized spacial score (nSPS) is 33.4. The highest BCUT2D eigenvalue weighted by Gasteiger charge is 2.30. The van der Waals surface area contributed by atoms with Gasteiger partial charge < -0.3 is 5.73 Å². The summed E-state index contributed by atoms with van der Waals surface area (Å²) >= 11 is 1.70. The highest BCUT2D eigenvalue weighted by molar-refractivity contribution is 8.04. The molecule has 0 radical (unpaired) electrons. The van der Waals surface area contributed by atoms with Crippen LogP contribution in [0, 0.1) is 5.92 Å². The first-order valence-electron chi connectivity index (χ1n) is 4.95. The maximum absolute atomic E-state index is 11.0. The minimum absolute atomic E-state index is 0.238. The molecule has 0 bridgehead atoms. The summed E-state index contributed by atoms with van der Waals surface area (Å²) in [7, 11) is 0. The zero-order chi connectivity index (χ0) is 9.26. The Morgan fingerprint density at radius 3 is 2.92 bits per heavy atom. The molecule has 1 aliphatic carbocycles. The monoisotopic (exact) mass is 197 g/mol. The predicted octanol–water partition coefficient (Wildman–Crippen LogP) is 2.05. The Morgan fingerprint density at radius 1 is 1.38 bits per heavy atom. The van der Waals surface area contributed by atoms with E-state index >= 15 is 0 Å². The van der Waals surface area contributed by atoms with Gasteiger partial charge in [-0.2, -0.15) is 0 Å². The van der Waals surface area contributed by atoms with Crippen LogP contribution in [0.25, 0.3) is 0 Å². The summed E-state index contributed by atoms with van der Waals surface area (Å²) in [6.07, 6.45) is 8.58. The molecule has 13 heavy (non-hydrogen) atoms. The second-order valence-corrected chi connectivity index (χ2v) is 5.13. The lowest BCUT2D eigenvalue weighted by molar-refractivity contribution is -0.113. The van der Waals surface area contributed by atoms with Gasteiger partial charge in [0.15, 0.2) is 0 Å². The molecule has 1 aliphatic heterocycles. The first-order valence-corrected chi connectivity index (χ1v) is 5.83. The Morgan fingerprint density at radius 2 is 2.15 bits per heavy atom. The van der Waals surface area contributed by atoms with Crippen LogP contribution in [0.2, 0.25) is 0 Å². The van der Waals surface area contributed by atoms with Crippen molar-refractivity contribution in [3.63, 3.8) is 0 Å². The van der Waals surface area contributed by atoms with E-state index in [1.54, 1.807) is 11.8 Å². The maximum Gasteiger partial charge on any atom is 0.254 e. The standard InChI is InChI=1S/C10H15NOS/c11-10(12)9-6-7-4-2-1-3-5-8(7)13-9/h6-8H,1-5H2,(H2,11,12). The van der Waals surface area contributed by atoms with E-state index in [4.69, 9.17) is 5.73 Å². The van der Waals surface area contributed by atoms with E-state index in [-0.39, 0.29) is 5.91 Å². The third-order valence-corrected chi connectivity index (χ3v) is 4.37. The van der Waals surface area contributed by atoms with Gasteiger partial charge in [-0.1, -0.05) is 25.3 Å². The fourth-order valence-electron chi connectivity index (χ4n) is 2.18. The molecule has 1 heterocycles. The number of hydrogen-bond acceptors (Lipinski definition) is 2. The van der Waals surface area contributed by atoms with Gasteiger partial charge in [0.1, 0.15) is 0 Å². The molecule has 2 rings (SSSR count). The number of carbonyl (C=O) groups is 1. The molecule has 2 unspecified atom stereocenters. The quantitative estimate of drug-likeness (QED) is 0.699. The summed E-state index contributed by atoms with van der Waals surface area (Å²) in [5.41, 5.74) is 5.26. The smallest absolute Gasteiger partial charge is 0.254 e. The van der Waals surface area contributed by atoms with Crippen LogP contribution in [-0.2, 0) is 4.79 Å². The highest BCUT2D eigenvalue weighted by Crippen LogP contribution is 2.43. The van der Waals surface area contributed by atoms with Gasteiger partial charge in [-0.05, 0) is 18.8 Å². The first-order chi connectivity index (χ1) is 6.27. The average Bonchev–Trinajstić information content (AvgIpc) is 2.38. The summed E-state index contributed by atoms with van der Waals surface area (Å²) in [6.45, 7) is 0. The van der Waals surface area contributed by atoms with Gasteiger partial charge >= 0.3 is 0 Å². The summed E-state index contributed by atoms with van der Waals surface area (Å²) in [4.78, 5) is 11.8. The van der Waals surface area contributed by atoms with Crippen molar-refractivity contribution in [2.45, 2.75) is 37.4 Å². The number of rotatable bonds is 1. The maximum atomic E-state index is 11.0. The van der Waals surface area contributed by atoms with E-state index in [0.717, 1.165) is 4.91 Å². The average molecular weight is 197 g/mol. The van der Waals surface area contributed by atoms with Gasteiger partial charge in [-0.3, -0.25) is 4.79 Å². The van der Waals surface area contributed by atoms with Crippen molar-refractivity contribution in [1.29, 1.82) is 0 Å². The lowest BCUT2D eigenvalue weighted by Crippen LogP contribution is -2.11. The molecule has 1 saturated carbocycles. The molecule has 0 aromatic carbocycles. The van der Waals surface area contributed by atoms with Crippen molar-refractivity contribution < 1.29 is 4.79 Å². The summed E-state index contributed by atoms with van der Waals surface area (Å²) in [5.74, 6) is 0.382. The van der Waals surface area contributed by atoms with Crippen LogP contribution in [0.15, 0.2) is 11.0 Å². The van der Waals surface area contributed by atoms with Gasteiger partial charge in [0.2, 0.25) is 0 Å². The molecule has 2 aliphatic rings. The molecule has 2 nitrogen and oxygen atoms in total. The number of amides is 1. The van der Waals surface area contributed by atoms with Crippen molar-refractivity contribution in [2.75, 3.05) is 0 Å². The lowest BCUT2D eigenvalue weighted by atomic mass is 10.00. The molecule has 0 spiro atoms. The largest absolute Gasteiger partial charge is 0.365 e. The third-order valence-electron chi connectivity index (χ3n) is 2.89. The Balaban J connectivity index is 2.07. The Kier molecular flexibility index (Phi) is 2.63. The molecule has 2 atom stereocenters. The van der Waals surface area contributed by atoms with Crippen LogP contribution in [0.3, 0.4) is 0 Å². The van der Waals surface area contributed by atoms with Gasteiger partial charge in [-0.25, -0.2) is 0 Å². The molecule has 2 N–H and O–H groups in total. The number of thioether (sulfide) groups is 1. The molecular weight excluding hydrogens is 182 g/mol. The van der Waals surface area contributed by atoms with Crippen molar-refractivity contribution in [3.05, 3.63) is 11.0 Å². The minimum atomic E-state index is -0.238. The number of primary amides is 1. The number of allylic oxidation sites excluding steroid dienone is 1. The summed E-state index contributed by atoms with van der Waals surface area (Å²) in [5, 5.41) is 0.644. The van der Waals surface area contributed by atoms with E-state index in [9.17, 15) is 4.79 Å². The Hall–Kier alpha value is -0.440. The highest BCUT2D eigenvalue weighted by atomic mass is 32.2. The fourth-order valence-corrected chi connectivity index (χ4v) is 3.55. The van der Waals surface area contributed by atoms with Gasteiger partial charge in [0.05, 0.1) is 4.91 Å². The zero-order valence-electron chi connectivity index (χ0n) is 7.66. The van der Waals surface area contributed by atoms with E-state index in [2.05, 4.69) is 6.08 Å². The van der Waals surface area contributed by atoms with E-state index < -0.39 is 0 Å². The molecule has 1 amide bonds. The van der Waals surface area contributed by atoms with Crippen molar-refractivity contribution >= 4 is 17.7 Å². The topological polar surface area (TPSA) is 43.1 Å². The number of carbonyl (C=O) groups excluding carboxylic acids is 1. The summed E-state index contributed by atoms with van der Waals surface area (Å²) in [6, 6.07) is 0. The minimum Gasteiger partial charge on any atom is -0.365 e. The predicted molar refractivity (Wildman–Crippen MR) is 55.2 cm³/mol. The van der Waals surface area contributed by atoms with Crippen molar-refractivity contribution in [1.82, 2.24) is 0 Å². The van der Waals surface area contributed by atoms with Crippen molar-refractivity contribution in [3.8, 4) is 0 Å². The molecule has 0 aromatic heterocycles. The Labute approximate surface area is 82.9 Å². The molecule has 72 valence electrons. The van der Waals surface area contributed by atoms with Crippen LogP contribution >= 0.6 is 11.8 Å². The number of hydrogen-bond donors (Lipinski definition) is 1. The number of fused-ring (bicyclic) bond motifs is 1. The van der Waals surface area contributed by atoms with E-state index in [1.807, 2.05) is 0 Å². The zero-order valence-corrected chi connectivity index (χ0v) is 8.48. The van der Waals surface area contributed by atoms with Gasteiger partial charge in [0, 0.05) is 5.25 Å². The SMILES string of the molecule is NC(=O)C1=CC2CCCCCC2S1. The lowest BCUT2D eigenvalue weighted by Gasteiger charge is -2.13. The van der Waals surface area contributed by atoms with Gasteiger partial charge in [0.25, 0.3) is 5.91 Å². The van der Waals surface area contributed by atoms with Crippen LogP contribution in [0.1, 0.15) is 32.1 Å². The second-order valence-electron chi connectivity index (χ2n) is 3.85. The second kappa shape index (κ2) is 3.74. The van der Waals surface area contributed by atoms with Crippen LogP contribution in [0.5, 0.6) is 0 Å². The first kappa shape index (κ1) is 9.13. The van der Waals surface area contributed by atoms with Crippen molar-refractivity contribution in [2.24, 2.45) is 11.7 Å².